The van der Waals surface area contributed by atoms with Crippen molar-refractivity contribution >= 4 is 5.97 Å². The summed E-state index contributed by atoms with van der Waals surface area (Å²) in [6, 6.07) is 7.70. The standard InChI is InChI=1S/C16H16FNO3/c1-3-20-16(19)14-8-11(2)15(9-18-14)21-10-12-4-6-13(17)7-5-12/h4-9H,3,10H2,1-2H3. The lowest BCUT2D eigenvalue weighted by molar-refractivity contribution is 0.0519. The molecule has 1 aromatic heterocycles. The quantitative estimate of drug-likeness (QED) is 0.792. The summed E-state index contributed by atoms with van der Waals surface area (Å²) in [5.74, 6) is -0.159. The molecule has 5 heteroatoms. The van der Waals surface area contributed by atoms with Crippen LogP contribution in [0.3, 0.4) is 0 Å². The van der Waals surface area contributed by atoms with Crippen LogP contribution in [0.25, 0.3) is 0 Å². The molecule has 0 aliphatic heterocycles. The molecule has 0 saturated carbocycles. The monoisotopic (exact) mass is 289 g/mol. The number of esters is 1. The molecule has 0 N–H and O–H groups in total. The third kappa shape index (κ3) is 4.02. The summed E-state index contributed by atoms with van der Waals surface area (Å²) in [6.45, 7) is 4.18. The van der Waals surface area contributed by atoms with E-state index in [1.165, 1.54) is 18.3 Å². The predicted molar refractivity (Wildman–Crippen MR) is 75.7 cm³/mol. The van der Waals surface area contributed by atoms with Crippen LogP contribution in [0.1, 0.15) is 28.5 Å². The smallest absolute Gasteiger partial charge is 0.356 e. The van der Waals surface area contributed by atoms with E-state index in [0.29, 0.717) is 19.0 Å². The third-order valence-corrected chi connectivity index (χ3v) is 2.85. The molecule has 110 valence electrons. The lowest BCUT2D eigenvalue weighted by Crippen LogP contribution is -2.08. The molecule has 0 atom stereocenters. The average Bonchev–Trinajstić information content (AvgIpc) is 2.48. The minimum absolute atomic E-state index is 0.253. The van der Waals surface area contributed by atoms with E-state index in [2.05, 4.69) is 4.98 Å². The minimum Gasteiger partial charge on any atom is -0.487 e. The molecule has 21 heavy (non-hydrogen) atoms. The van der Waals surface area contributed by atoms with Crippen molar-refractivity contribution in [2.24, 2.45) is 0 Å². The van der Waals surface area contributed by atoms with Crippen molar-refractivity contribution < 1.29 is 18.7 Å². The van der Waals surface area contributed by atoms with E-state index in [0.717, 1.165) is 11.1 Å². The first-order valence-electron chi connectivity index (χ1n) is 6.61. The molecule has 0 radical (unpaired) electrons. The van der Waals surface area contributed by atoms with Crippen LogP contribution in [-0.4, -0.2) is 17.6 Å². The first kappa shape index (κ1) is 15.0. The van der Waals surface area contributed by atoms with Gasteiger partial charge in [0.2, 0.25) is 0 Å². The predicted octanol–water partition coefficient (Wildman–Crippen LogP) is 3.28. The zero-order valence-corrected chi connectivity index (χ0v) is 11.9. The van der Waals surface area contributed by atoms with Crippen molar-refractivity contribution in [2.45, 2.75) is 20.5 Å². The molecule has 0 aliphatic carbocycles. The van der Waals surface area contributed by atoms with Crippen molar-refractivity contribution in [3.8, 4) is 5.75 Å². The van der Waals surface area contributed by atoms with E-state index < -0.39 is 5.97 Å². The highest BCUT2D eigenvalue weighted by molar-refractivity contribution is 5.87. The number of halogens is 1. The van der Waals surface area contributed by atoms with Crippen LogP contribution < -0.4 is 4.74 Å². The van der Waals surface area contributed by atoms with Crippen LogP contribution in [0.5, 0.6) is 5.75 Å². The topological polar surface area (TPSA) is 48.4 Å². The van der Waals surface area contributed by atoms with Gasteiger partial charge in [0, 0.05) is 0 Å². The molecular weight excluding hydrogens is 273 g/mol. The summed E-state index contributed by atoms with van der Waals surface area (Å²) in [5, 5.41) is 0. The second kappa shape index (κ2) is 6.83. The van der Waals surface area contributed by atoms with Crippen LogP contribution in [0.15, 0.2) is 36.5 Å². The summed E-state index contributed by atoms with van der Waals surface area (Å²) in [6.07, 6.45) is 1.49. The Balaban J connectivity index is 2.04. The van der Waals surface area contributed by atoms with Crippen LogP contribution in [0.2, 0.25) is 0 Å². The summed E-state index contributed by atoms with van der Waals surface area (Å²) < 4.78 is 23.3. The molecule has 0 aliphatic rings. The van der Waals surface area contributed by atoms with E-state index in [1.807, 2.05) is 6.92 Å². The Labute approximate surface area is 122 Å². The summed E-state index contributed by atoms with van der Waals surface area (Å²) >= 11 is 0. The lowest BCUT2D eigenvalue weighted by Gasteiger charge is -2.10. The average molecular weight is 289 g/mol. The number of pyridine rings is 1. The van der Waals surface area contributed by atoms with Gasteiger partial charge in [0.1, 0.15) is 23.9 Å². The van der Waals surface area contributed by atoms with Crippen molar-refractivity contribution in [1.29, 1.82) is 0 Å². The summed E-state index contributed by atoms with van der Waals surface area (Å²) in [5.41, 5.74) is 1.89. The molecule has 2 aromatic rings. The van der Waals surface area contributed by atoms with Gasteiger partial charge in [-0.3, -0.25) is 0 Å². The van der Waals surface area contributed by atoms with E-state index in [9.17, 15) is 9.18 Å². The molecule has 0 saturated heterocycles. The molecule has 0 bridgehead atoms. The van der Waals surface area contributed by atoms with Crippen LogP contribution in [0.4, 0.5) is 4.39 Å². The van der Waals surface area contributed by atoms with Gasteiger partial charge in [-0.25, -0.2) is 14.2 Å². The van der Waals surface area contributed by atoms with E-state index in [1.54, 1.807) is 25.1 Å². The normalized spacial score (nSPS) is 10.2. The maximum Gasteiger partial charge on any atom is 0.356 e. The fourth-order valence-corrected chi connectivity index (χ4v) is 1.75. The second-order valence-corrected chi connectivity index (χ2v) is 4.47. The van der Waals surface area contributed by atoms with Crippen LogP contribution in [-0.2, 0) is 11.3 Å². The van der Waals surface area contributed by atoms with E-state index >= 15 is 0 Å². The summed E-state index contributed by atoms with van der Waals surface area (Å²) in [7, 11) is 0. The first-order valence-corrected chi connectivity index (χ1v) is 6.61. The molecule has 4 nitrogen and oxygen atoms in total. The van der Waals surface area contributed by atoms with Gasteiger partial charge in [-0.2, -0.15) is 0 Å². The number of aryl methyl sites for hydroxylation is 1. The van der Waals surface area contributed by atoms with Gasteiger partial charge in [-0.15, -0.1) is 0 Å². The van der Waals surface area contributed by atoms with E-state index in [-0.39, 0.29) is 11.5 Å². The highest BCUT2D eigenvalue weighted by Crippen LogP contribution is 2.19. The van der Waals surface area contributed by atoms with Gasteiger partial charge in [0.15, 0.2) is 0 Å². The molecule has 1 heterocycles. The number of hydrogen-bond acceptors (Lipinski definition) is 4. The third-order valence-electron chi connectivity index (χ3n) is 2.85. The fraction of sp³-hybridized carbons (Fsp3) is 0.250. The number of rotatable bonds is 5. The maximum absolute atomic E-state index is 12.8. The zero-order valence-electron chi connectivity index (χ0n) is 11.9. The Hall–Kier alpha value is -2.43. The Morgan fingerprint density at radius 3 is 2.62 bits per heavy atom. The largest absolute Gasteiger partial charge is 0.487 e. The number of ether oxygens (including phenoxy) is 2. The molecule has 0 amide bonds. The Morgan fingerprint density at radius 1 is 1.29 bits per heavy atom. The number of aromatic nitrogens is 1. The summed E-state index contributed by atoms with van der Waals surface area (Å²) in [4.78, 5) is 15.6. The highest BCUT2D eigenvalue weighted by atomic mass is 19.1. The Kier molecular flexibility index (Phi) is 4.87. The van der Waals surface area contributed by atoms with Crippen LogP contribution in [0, 0.1) is 12.7 Å². The van der Waals surface area contributed by atoms with Gasteiger partial charge in [-0.1, -0.05) is 12.1 Å². The minimum atomic E-state index is -0.453. The number of benzene rings is 1. The number of hydrogen-bond donors (Lipinski definition) is 0. The molecule has 0 unspecified atom stereocenters. The van der Waals surface area contributed by atoms with Gasteiger partial charge in [0.25, 0.3) is 0 Å². The fourth-order valence-electron chi connectivity index (χ4n) is 1.75. The molecule has 0 fully saturated rings. The number of carbonyl (C=O) groups excluding carboxylic acids is 1. The second-order valence-electron chi connectivity index (χ2n) is 4.47. The molecule has 2 rings (SSSR count). The van der Waals surface area contributed by atoms with Gasteiger partial charge in [0.05, 0.1) is 12.8 Å². The Bertz CT molecular complexity index is 626. The SMILES string of the molecule is CCOC(=O)c1cc(C)c(OCc2ccc(F)cc2)cn1. The van der Waals surface area contributed by atoms with Crippen molar-refractivity contribution in [3.05, 3.63) is 59.2 Å². The number of nitrogens with zero attached hydrogens (tertiary/aromatic N) is 1. The number of carbonyl (C=O) groups is 1. The first-order chi connectivity index (χ1) is 10.1. The van der Waals surface area contributed by atoms with Crippen molar-refractivity contribution in [2.75, 3.05) is 6.61 Å². The van der Waals surface area contributed by atoms with Gasteiger partial charge >= 0.3 is 5.97 Å². The lowest BCUT2D eigenvalue weighted by atomic mass is 10.2. The highest BCUT2D eigenvalue weighted by Gasteiger charge is 2.10. The van der Waals surface area contributed by atoms with Gasteiger partial charge < -0.3 is 9.47 Å². The molecular formula is C16H16FNO3. The zero-order chi connectivity index (χ0) is 15.2. The maximum atomic E-state index is 12.8. The van der Waals surface area contributed by atoms with Crippen molar-refractivity contribution in [1.82, 2.24) is 4.98 Å². The van der Waals surface area contributed by atoms with Crippen molar-refractivity contribution in [3.63, 3.8) is 0 Å². The molecule has 1 aromatic carbocycles. The molecule has 0 spiro atoms. The van der Waals surface area contributed by atoms with E-state index in [4.69, 9.17) is 9.47 Å². The van der Waals surface area contributed by atoms with Gasteiger partial charge in [-0.05, 0) is 43.2 Å². The Morgan fingerprint density at radius 2 is 2.00 bits per heavy atom. The van der Waals surface area contributed by atoms with Crippen LogP contribution >= 0.6 is 0 Å².